The van der Waals surface area contributed by atoms with Gasteiger partial charge in [0.05, 0.1) is 10.0 Å². The van der Waals surface area contributed by atoms with Crippen LogP contribution in [-0.2, 0) is 11.3 Å². The maximum absolute atomic E-state index is 12.0. The first-order valence-corrected chi connectivity index (χ1v) is 6.90. The monoisotopic (exact) mass is 307 g/mol. The second-order valence-electron chi connectivity index (χ2n) is 4.42. The minimum Gasteiger partial charge on any atom is -0.335 e. The van der Waals surface area contributed by atoms with Crippen molar-refractivity contribution in [3.63, 3.8) is 0 Å². The zero-order valence-corrected chi connectivity index (χ0v) is 12.9. The lowest BCUT2D eigenvalue weighted by Gasteiger charge is -2.28. The van der Waals surface area contributed by atoms with E-state index in [1.54, 1.807) is 24.0 Å². The highest BCUT2D eigenvalue weighted by molar-refractivity contribution is 6.42. The SMILES string of the molecule is CC(Cl)C(=O)N(Cc1ccc(Cl)c(Cl)c1)C(C)C. The van der Waals surface area contributed by atoms with Crippen molar-refractivity contribution in [1.82, 2.24) is 4.90 Å². The molecule has 1 rings (SSSR count). The molecule has 100 valence electrons. The Morgan fingerprint density at radius 2 is 1.83 bits per heavy atom. The van der Waals surface area contributed by atoms with Crippen LogP contribution in [0.3, 0.4) is 0 Å². The minimum atomic E-state index is -0.532. The standard InChI is InChI=1S/C13H16Cl3NO/c1-8(2)17(13(18)9(3)14)7-10-4-5-11(15)12(16)6-10/h4-6,8-9H,7H2,1-3H3. The molecule has 0 heterocycles. The van der Waals surface area contributed by atoms with Crippen LogP contribution in [0, 0.1) is 0 Å². The van der Waals surface area contributed by atoms with Crippen LogP contribution in [0.1, 0.15) is 26.3 Å². The van der Waals surface area contributed by atoms with Crippen molar-refractivity contribution in [2.24, 2.45) is 0 Å². The van der Waals surface area contributed by atoms with Gasteiger partial charge in [-0.2, -0.15) is 0 Å². The molecule has 0 fully saturated rings. The minimum absolute atomic E-state index is 0.0770. The van der Waals surface area contributed by atoms with Gasteiger partial charge in [0.15, 0.2) is 0 Å². The average molecular weight is 309 g/mol. The summed E-state index contributed by atoms with van der Waals surface area (Å²) < 4.78 is 0. The Morgan fingerprint density at radius 1 is 1.22 bits per heavy atom. The van der Waals surface area contributed by atoms with Gasteiger partial charge in [-0.1, -0.05) is 29.3 Å². The molecule has 0 N–H and O–H groups in total. The molecule has 1 unspecified atom stereocenters. The number of nitrogens with zero attached hydrogens (tertiary/aromatic N) is 1. The largest absolute Gasteiger partial charge is 0.335 e. The summed E-state index contributed by atoms with van der Waals surface area (Å²) in [6.45, 7) is 6.06. The van der Waals surface area contributed by atoms with Gasteiger partial charge in [0, 0.05) is 12.6 Å². The smallest absolute Gasteiger partial charge is 0.240 e. The number of amides is 1. The lowest BCUT2D eigenvalue weighted by atomic mass is 10.1. The Morgan fingerprint density at radius 3 is 2.28 bits per heavy atom. The lowest BCUT2D eigenvalue weighted by Crippen LogP contribution is -2.40. The molecule has 0 aliphatic carbocycles. The molecule has 0 bridgehead atoms. The lowest BCUT2D eigenvalue weighted by molar-refractivity contribution is -0.132. The summed E-state index contributed by atoms with van der Waals surface area (Å²) in [5, 5.41) is 0.466. The molecule has 0 spiro atoms. The van der Waals surface area contributed by atoms with E-state index in [2.05, 4.69) is 0 Å². The van der Waals surface area contributed by atoms with Crippen LogP contribution in [0.15, 0.2) is 18.2 Å². The fourth-order valence-corrected chi connectivity index (χ4v) is 2.02. The van der Waals surface area contributed by atoms with Crippen molar-refractivity contribution in [3.8, 4) is 0 Å². The molecule has 1 atom stereocenters. The fourth-order valence-electron chi connectivity index (χ4n) is 1.58. The van der Waals surface area contributed by atoms with Crippen LogP contribution < -0.4 is 0 Å². The van der Waals surface area contributed by atoms with Crippen LogP contribution in [0.25, 0.3) is 0 Å². The summed E-state index contributed by atoms with van der Waals surface area (Å²) in [6.07, 6.45) is 0. The maximum Gasteiger partial charge on any atom is 0.240 e. The molecule has 1 aromatic rings. The molecule has 0 saturated carbocycles. The summed E-state index contributed by atoms with van der Waals surface area (Å²) in [6, 6.07) is 5.43. The van der Waals surface area contributed by atoms with E-state index in [1.165, 1.54) is 0 Å². The number of halogens is 3. The average Bonchev–Trinajstić information content (AvgIpc) is 2.29. The van der Waals surface area contributed by atoms with Crippen LogP contribution in [0.5, 0.6) is 0 Å². The Hall–Kier alpha value is -0.440. The zero-order valence-electron chi connectivity index (χ0n) is 10.6. The van der Waals surface area contributed by atoms with E-state index in [0.717, 1.165) is 5.56 Å². The second-order valence-corrected chi connectivity index (χ2v) is 5.89. The molecule has 0 aromatic heterocycles. The summed E-state index contributed by atoms with van der Waals surface area (Å²) in [5.41, 5.74) is 0.934. The van der Waals surface area contributed by atoms with E-state index in [1.807, 2.05) is 19.9 Å². The van der Waals surface area contributed by atoms with Crippen molar-refractivity contribution in [3.05, 3.63) is 33.8 Å². The van der Waals surface area contributed by atoms with Crippen molar-refractivity contribution < 1.29 is 4.79 Å². The van der Waals surface area contributed by atoms with E-state index in [4.69, 9.17) is 34.8 Å². The maximum atomic E-state index is 12.0. The van der Waals surface area contributed by atoms with Gasteiger partial charge in [-0.15, -0.1) is 11.6 Å². The van der Waals surface area contributed by atoms with E-state index >= 15 is 0 Å². The molecular formula is C13H16Cl3NO. The zero-order chi connectivity index (χ0) is 13.9. The third-order valence-electron chi connectivity index (χ3n) is 2.58. The molecule has 0 aliphatic rings. The molecule has 0 aliphatic heterocycles. The van der Waals surface area contributed by atoms with Gasteiger partial charge in [-0.3, -0.25) is 4.79 Å². The Bertz CT molecular complexity index is 432. The molecule has 1 aromatic carbocycles. The number of alkyl halides is 1. The van der Waals surface area contributed by atoms with Crippen molar-refractivity contribution in [2.45, 2.75) is 38.7 Å². The predicted molar refractivity (Wildman–Crippen MR) is 77.5 cm³/mol. The van der Waals surface area contributed by atoms with Gasteiger partial charge < -0.3 is 4.90 Å². The van der Waals surface area contributed by atoms with Crippen LogP contribution in [-0.4, -0.2) is 22.2 Å². The van der Waals surface area contributed by atoms with Crippen LogP contribution in [0.4, 0.5) is 0 Å². The molecule has 2 nitrogen and oxygen atoms in total. The van der Waals surface area contributed by atoms with Gasteiger partial charge in [-0.25, -0.2) is 0 Å². The highest BCUT2D eigenvalue weighted by Crippen LogP contribution is 2.24. The number of hydrogen-bond acceptors (Lipinski definition) is 1. The topological polar surface area (TPSA) is 20.3 Å². The number of carbonyl (C=O) groups excluding carboxylic acids is 1. The van der Waals surface area contributed by atoms with Gasteiger partial charge in [0.1, 0.15) is 5.38 Å². The number of rotatable bonds is 4. The normalized spacial score (nSPS) is 12.6. The number of carbonyl (C=O) groups is 1. The molecular weight excluding hydrogens is 293 g/mol. The van der Waals surface area contributed by atoms with E-state index in [0.29, 0.717) is 16.6 Å². The van der Waals surface area contributed by atoms with Gasteiger partial charge >= 0.3 is 0 Å². The van der Waals surface area contributed by atoms with Crippen molar-refractivity contribution in [1.29, 1.82) is 0 Å². The van der Waals surface area contributed by atoms with Crippen LogP contribution in [0.2, 0.25) is 10.0 Å². The van der Waals surface area contributed by atoms with Crippen molar-refractivity contribution >= 4 is 40.7 Å². The van der Waals surface area contributed by atoms with Gasteiger partial charge in [0.2, 0.25) is 5.91 Å². The second kappa shape index (κ2) is 6.65. The van der Waals surface area contributed by atoms with E-state index in [9.17, 15) is 4.79 Å². The number of benzene rings is 1. The van der Waals surface area contributed by atoms with Crippen LogP contribution >= 0.6 is 34.8 Å². The number of hydrogen-bond donors (Lipinski definition) is 0. The fraction of sp³-hybridized carbons (Fsp3) is 0.462. The highest BCUT2D eigenvalue weighted by atomic mass is 35.5. The summed E-state index contributed by atoms with van der Waals surface area (Å²) in [4.78, 5) is 13.7. The van der Waals surface area contributed by atoms with Gasteiger partial charge in [-0.05, 0) is 38.5 Å². The Balaban J connectivity index is 2.90. The Kier molecular flexibility index (Phi) is 5.77. The predicted octanol–water partition coefficient (Wildman–Crippen LogP) is 4.36. The summed E-state index contributed by atoms with van der Waals surface area (Å²) in [5.74, 6) is -0.0854. The van der Waals surface area contributed by atoms with E-state index < -0.39 is 5.38 Å². The summed E-state index contributed by atoms with van der Waals surface area (Å²) >= 11 is 17.7. The molecule has 1 amide bonds. The first kappa shape index (κ1) is 15.6. The van der Waals surface area contributed by atoms with Gasteiger partial charge in [0.25, 0.3) is 0 Å². The molecule has 0 saturated heterocycles. The molecule has 5 heteroatoms. The van der Waals surface area contributed by atoms with E-state index in [-0.39, 0.29) is 11.9 Å². The molecule has 0 radical (unpaired) electrons. The third kappa shape index (κ3) is 4.04. The molecule has 18 heavy (non-hydrogen) atoms. The van der Waals surface area contributed by atoms with Crippen molar-refractivity contribution in [2.75, 3.05) is 0 Å². The first-order valence-electron chi connectivity index (χ1n) is 5.71. The first-order chi connectivity index (χ1) is 8.32. The third-order valence-corrected chi connectivity index (χ3v) is 3.51. The summed E-state index contributed by atoms with van der Waals surface area (Å²) in [7, 11) is 0. The quantitative estimate of drug-likeness (QED) is 0.757. The highest BCUT2D eigenvalue weighted by Gasteiger charge is 2.21. The Labute approximate surface area is 123 Å².